The van der Waals surface area contributed by atoms with Crippen LogP contribution in [-0.4, -0.2) is 12.0 Å². The first kappa shape index (κ1) is 16.6. The van der Waals surface area contributed by atoms with E-state index >= 15 is 0 Å². The van der Waals surface area contributed by atoms with Gasteiger partial charge in [0.25, 0.3) is 0 Å². The van der Waals surface area contributed by atoms with E-state index in [1.54, 1.807) is 0 Å². The summed E-state index contributed by atoms with van der Waals surface area (Å²) in [6.07, 6.45) is 5.82. The quantitative estimate of drug-likeness (QED) is 0.375. The number of benzene rings is 1. The van der Waals surface area contributed by atoms with Crippen molar-refractivity contribution in [3.05, 3.63) is 29.8 Å². The van der Waals surface area contributed by atoms with Crippen molar-refractivity contribution < 1.29 is 8.78 Å². The Kier molecular flexibility index (Phi) is 7.27. The molecule has 6 heteroatoms. The minimum Gasteiger partial charge on any atom is -0.370 e. The Hall–Kier alpha value is -1.36. The fourth-order valence-electron chi connectivity index (χ4n) is 1.18. The highest BCUT2D eigenvalue weighted by molar-refractivity contribution is 14.0. The van der Waals surface area contributed by atoms with Crippen LogP contribution in [0.2, 0.25) is 0 Å². The number of anilines is 1. The molecule has 0 saturated heterocycles. The van der Waals surface area contributed by atoms with Gasteiger partial charge in [0.2, 0.25) is 0 Å². The molecule has 0 heterocycles. The van der Waals surface area contributed by atoms with E-state index in [1.807, 2.05) is 6.92 Å². The largest absolute Gasteiger partial charge is 0.370 e. The van der Waals surface area contributed by atoms with E-state index in [-0.39, 0.29) is 41.7 Å². The van der Waals surface area contributed by atoms with Crippen molar-refractivity contribution >= 4 is 35.6 Å². The van der Waals surface area contributed by atoms with Crippen LogP contribution in [0.4, 0.5) is 14.5 Å². The lowest BCUT2D eigenvalue weighted by atomic mass is 10.2. The van der Waals surface area contributed by atoms with Gasteiger partial charge in [-0.05, 0) is 18.6 Å². The predicted molar refractivity (Wildman–Crippen MR) is 79.9 cm³/mol. The summed E-state index contributed by atoms with van der Waals surface area (Å²) in [4.78, 5) is 3.94. The molecule has 0 spiro atoms. The molecule has 1 rings (SSSR count). The number of terminal acetylenes is 1. The molecule has 0 radical (unpaired) electrons. The lowest BCUT2D eigenvalue weighted by Gasteiger charge is -2.08. The van der Waals surface area contributed by atoms with E-state index in [4.69, 9.17) is 12.2 Å². The van der Waals surface area contributed by atoms with Crippen LogP contribution in [0.15, 0.2) is 23.2 Å². The zero-order chi connectivity index (χ0) is 12.8. The third kappa shape index (κ3) is 4.87. The van der Waals surface area contributed by atoms with Gasteiger partial charge in [-0.15, -0.1) is 30.4 Å². The summed E-state index contributed by atoms with van der Waals surface area (Å²) in [5.74, 6) is 1.20. The summed E-state index contributed by atoms with van der Waals surface area (Å²) in [6.45, 7) is 1.85. The van der Waals surface area contributed by atoms with Gasteiger partial charge >= 0.3 is 0 Å². The van der Waals surface area contributed by atoms with Gasteiger partial charge in [-0.2, -0.15) is 0 Å². The van der Waals surface area contributed by atoms with Crippen molar-refractivity contribution in [3.8, 4) is 12.3 Å². The van der Waals surface area contributed by atoms with E-state index in [0.717, 1.165) is 18.2 Å². The van der Waals surface area contributed by atoms with Crippen LogP contribution in [0.25, 0.3) is 0 Å². The summed E-state index contributed by atoms with van der Waals surface area (Å²) < 4.78 is 26.1. The van der Waals surface area contributed by atoms with Crippen LogP contribution in [0.3, 0.4) is 0 Å². The average molecular weight is 365 g/mol. The summed E-state index contributed by atoms with van der Waals surface area (Å²) >= 11 is 0. The fraction of sp³-hybridized carbons (Fsp3) is 0.250. The van der Waals surface area contributed by atoms with Gasteiger partial charge in [-0.3, -0.25) is 0 Å². The number of halogens is 3. The SMILES string of the molecule is C#CC(CC)N=C(N)Nc1cc(F)ccc1F.I. The molecule has 0 amide bonds. The second kappa shape index (κ2) is 7.87. The Morgan fingerprint density at radius 2 is 2.22 bits per heavy atom. The Balaban J connectivity index is 0.00000289. The molecule has 1 unspecified atom stereocenters. The van der Waals surface area contributed by atoms with Gasteiger partial charge in [0.15, 0.2) is 5.96 Å². The lowest BCUT2D eigenvalue weighted by molar-refractivity contribution is 0.604. The molecule has 0 aromatic heterocycles. The molecule has 0 aliphatic heterocycles. The maximum atomic E-state index is 13.3. The van der Waals surface area contributed by atoms with Crippen LogP contribution < -0.4 is 11.1 Å². The highest BCUT2D eigenvalue weighted by Crippen LogP contribution is 2.14. The fourth-order valence-corrected chi connectivity index (χ4v) is 1.18. The average Bonchev–Trinajstić information content (AvgIpc) is 2.31. The Morgan fingerprint density at radius 1 is 1.56 bits per heavy atom. The zero-order valence-electron chi connectivity index (χ0n) is 9.78. The number of nitrogens with zero attached hydrogens (tertiary/aromatic N) is 1. The maximum Gasteiger partial charge on any atom is 0.194 e. The lowest BCUT2D eigenvalue weighted by Crippen LogP contribution is -2.25. The second-order valence-corrected chi connectivity index (χ2v) is 3.35. The third-order valence-corrected chi connectivity index (χ3v) is 2.07. The molecule has 1 atom stereocenters. The highest BCUT2D eigenvalue weighted by atomic mass is 127. The number of hydrogen-bond acceptors (Lipinski definition) is 1. The molecule has 0 fully saturated rings. The molecule has 0 aliphatic rings. The Labute approximate surface area is 122 Å². The molecular formula is C12H14F2IN3. The van der Waals surface area contributed by atoms with Gasteiger partial charge in [0, 0.05) is 6.07 Å². The number of nitrogens with two attached hydrogens (primary N) is 1. The summed E-state index contributed by atoms with van der Waals surface area (Å²) in [6, 6.07) is 2.64. The van der Waals surface area contributed by atoms with E-state index < -0.39 is 11.6 Å². The van der Waals surface area contributed by atoms with Crippen molar-refractivity contribution in [1.29, 1.82) is 0 Å². The van der Waals surface area contributed by atoms with Crippen LogP contribution in [-0.2, 0) is 0 Å². The summed E-state index contributed by atoms with van der Waals surface area (Å²) in [7, 11) is 0. The smallest absolute Gasteiger partial charge is 0.194 e. The number of rotatable bonds is 3. The van der Waals surface area contributed by atoms with Gasteiger partial charge in [-0.25, -0.2) is 13.8 Å². The van der Waals surface area contributed by atoms with E-state index in [9.17, 15) is 8.78 Å². The third-order valence-electron chi connectivity index (χ3n) is 2.07. The molecule has 0 saturated carbocycles. The normalized spacial score (nSPS) is 12.2. The topological polar surface area (TPSA) is 50.4 Å². The van der Waals surface area contributed by atoms with E-state index in [1.165, 1.54) is 0 Å². The van der Waals surface area contributed by atoms with E-state index in [0.29, 0.717) is 6.42 Å². The highest BCUT2D eigenvalue weighted by Gasteiger charge is 2.06. The first-order chi connectivity index (χ1) is 8.06. The van der Waals surface area contributed by atoms with Crippen molar-refractivity contribution in [1.82, 2.24) is 0 Å². The van der Waals surface area contributed by atoms with Crippen molar-refractivity contribution in [2.24, 2.45) is 10.7 Å². The number of aliphatic imine (C=N–C) groups is 1. The molecule has 3 nitrogen and oxygen atoms in total. The van der Waals surface area contributed by atoms with Gasteiger partial charge in [0.05, 0.1) is 5.69 Å². The number of guanidine groups is 1. The molecule has 98 valence electrons. The minimum atomic E-state index is -0.613. The maximum absolute atomic E-state index is 13.3. The minimum absolute atomic E-state index is 0. The van der Waals surface area contributed by atoms with Gasteiger partial charge in [-0.1, -0.05) is 12.8 Å². The van der Waals surface area contributed by atoms with Crippen LogP contribution in [0, 0.1) is 24.0 Å². The van der Waals surface area contributed by atoms with Crippen molar-refractivity contribution in [3.63, 3.8) is 0 Å². The monoisotopic (exact) mass is 365 g/mol. The first-order valence-corrected chi connectivity index (χ1v) is 5.08. The van der Waals surface area contributed by atoms with Crippen molar-refractivity contribution in [2.75, 3.05) is 5.32 Å². The molecule has 0 aliphatic carbocycles. The molecule has 0 bridgehead atoms. The standard InChI is InChI=1S/C12H13F2N3.HI/c1-3-9(4-2)16-12(15)17-11-7-8(13)5-6-10(11)14;/h1,5-7,9H,4H2,2H3,(H3,15,16,17);1H. The molecule has 18 heavy (non-hydrogen) atoms. The second-order valence-electron chi connectivity index (χ2n) is 3.35. The Bertz CT molecular complexity index is 469. The number of nitrogens with one attached hydrogen (secondary N) is 1. The Morgan fingerprint density at radius 3 is 2.78 bits per heavy atom. The van der Waals surface area contributed by atoms with E-state index in [2.05, 4.69) is 16.2 Å². The van der Waals surface area contributed by atoms with Gasteiger partial charge in [0.1, 0.15) is 17.7 Å². The van der Waals surface area contributed by atoms with Gasteiger partial charge < -0.3 is 11.1 Å². The van der Waals surface area contributed by atoms with Crippen LogP contribution in [0.1, 0.15) is 13.3 Å². The van der Waals surface area contributed by atoms with Crippen LogP contribution in [0.5, 0.6) is 0 Å². The van der Waals surface area contributed by atoms with Crippen molar-refractivity contribution in [2.45, 2.75) is 19.4 Å². The number of hydrogen-bond donors (Lipinski definition) is 2. The van der Waals surface area contributed by atoms with Crippen LogP contribution >= 0.6 is 24.0 Å². The molecule has 3 N–H and O–H groups in total. The predicted octanol–water partition coefficient (Wildman–Crippen LogP) is 2.72. The molecular weight excluding hydrogens is 351 g/mol. The molecule has 1 aromatic carbocycles. The summed E-state index contributed by atoms with van der Waals surface area (Å²) in [5, 5.41) is 2.47. The molecule has 1 aromatic rings. The summed E-state index contributed by atoms with van der Waals surface area (Å²) in [5.41, 5.74) is 5.46. The zero-order valence-corrected chi connectivity index (χ0v) is 12.1. The first-order valence-electron chi connectivity index (χ1n) is 5.08.